The van der Waals surface area contributed by atoms with Crippen LogP contribution in [0, 0.1) is 10.8 Å². The van der Waals surface area contributed by atoms with Gasteiger partial charge in [-0.1, -0.05) is 0 Å². The molecule has 26 heteroatoms. The van der Waals surface area contributed by atoms with Gasteiger partial charge in [-0.05, 0) is 0 Å². The van der Waals surface area contributed by atoms with Crippen LogP contribution in [0.4, 0.5) is 0 Å². The molecule has 0 radical (unpaired) electrons. The van der Waals surface area contributed by atoms with Crippen LogP contribution >= 0.6 is 0 Å². The summed E-state index contributed by atoms with van der Waals surface area (Å²) < 4.78 is 67.5. The molecular weight excluding hydrogens is 1020 g/mol. The lowest BCUT2D eigenvalue weighted by Crippen LogP contribution is -2.46. The first-order valence-corrected chi connectivity index (χ1v) is 27.2. The highest BCUT2D eigenvalue weighted by Crippen LogP contribution is 2.25. The summed E-state index contributed by atoms with van der Waals surface area (Å²) >= 11 is 0. The number of morpholine rings is 4. The summed E-state index contributed by atoms with van der Waals surface area (Å²) in [7, 11) is 0. The van der Waals surface area contributed by atoms with Crippen LogP contribution in [0.25, 0.3) is 0 Å². The SMILES string of the molecule is O=C(CCN1CCOCC1)OCC1(COC(=O)CCN2CCOCC2)COC(=O)CCN(CN2CCC(=O)OCC(COC(=O)CCN3CCOCC3)(COC(=O)CCN3CCOCC3)COC(=O)CC2)CCC(=O)OC1. The number of nitrogens with zero attached hydrogens (tertiary/aromatic N) is 6. The largest absolute Gasteiger partial charge is 0.465 e. The molecule has 0 spiro atoms. The Kier molecular flexibility index (Phi) is 27.0. The van der Waals surface area contributed by atoms with Crippen molar-refractivity contribution in [2.45, 2.75) is 51.4 Å². The average Bonchev–Trinajstić information content (AvgIpc) is 3.46. The summed E-state index contributed by atoms with van der Waals surface area (Å²) in [6.45, 7) is 9.35. The maximum atomic E-state index is 13.5. The fraction of sp³-hybridized carbons (Fsp3) is 0.843. The lowest BCUT2D eigenvalue weighted by Gasteiger charge is -2.34. The molecule has 6 saturated heterocycles. The molecule has 6 rings (SSSR count). The van der Waals surface area contributed by atoms with E-state index < -0.39 is 58.6 Å². The minimum atomic E-state index is -1.41. The fourth-order valence-corrected chi connectivity index (χ4v) is 9.03. The van der Waals surface area contributed by atoms with Gasteiger partial charge in [-0.3, -0.25) is 67.8 Å². The second-order valence-corrected chi connectivity index (χ2v) is 20.5. The number of hydrogen-bond donors (Lipinski definition) is 0. The average molecular weight is 1100 g/mol. The van der Waals surface area contributed by atoms with Crippen LogP contribution < -0.4 is 0 Å². The van der Waals surface area contributed by atoms with E-state index in [0.717, 1.165) is 0 Å². The number of carbonyl (C=O) groups excluding carboxylic acids is 8. The summed E-state index contributed by atoms with van der Waals surface area (Å²) in [6, 6.07) is 0. The number of rotatable bonds is 22. The normalized spacial score (nSPS) is 23.0. The van der Waals surface area contributed by atoms with Crippen molar-refractivity contribution in [2.24, 2.45) is 10.8 Å². The van der Waals surface area contributed by atoms with E-state index in [1.165, 1.54) is 0 Å². The molecule has 0 atom stereocenters. The van der Waals surface area contributed by atoms with Crippen molar-refractivity contribution in [1.82, 2.24) is 29.4 Å². The predicted molar refractivity (Wildman–Crippen MR) is 267 cm³/mol. The highest BCUT2D eigenvalue weighted by atomic mass is 16.6. The third-order valence-corrected chi connectivity index (χ3v) is 14.2. The Labute approximate surface area is 450 Å². The first-order chi connectivity index (χ1) is 37.3. The van der Waals surface area contributed by atoms with Crippen LogP contribution in [-0.2, 0) is 95.2 Å². The number of carbonyl (C=O) groups is 8. The Morgan fingerprint density at radius 1 is 0.338 bits per heavy atom. The van der Waals surface area contributed by atoms with Crippen LogP contribution in [-0.4, -0.2) is 294 Å². The first-order valence-electron chi connectivity index (χ1n) is 27.2. The molecule has 77 heavy (non-hydrogen) atoms. The van der Waals surface area contributed by atoms with E-state index in [0.29, 0.717) is 131 Å². The Morgan fingerprint density at radius 2 is 0.558 bits per heavy atom. The Hall–Kier alpha value is -4.64. The summed E-state index contributed by atoms with van der Waals surface area (Å²) in [6.07, 6.45) is -0.188. The van der Waals surface area contributed by atoms with E-state index in [-0.39, 0.29) is 137 Å². The van der Waals surface area contributed by atoms with Gasteiger partial charge in [-0.2, -0.15) is 0 Å². The summed E-state index contributed by atoms with van der Waals surface area (Å²) in [4.78, 5) is 118. The van der Waals surface area contributed by atoms with Gasteiger partial charge in [0.1, 0.15) is 63.7 Å². The zero-order valence-corrected chi connectivity index (χ0v) is 44.8. The van der Waals surface area contributed by atoms with Crippen LogP contribution in [0.1, 0.15) is 51.4 Å². The van der Waals surface area contributed by atoms with Gasteiger partial charge < -0.3 is 56.8 Å². The van der Waals surface area contributed by atoms with E-state index in [9.17, 15) is 38.4 Å². The van der Waals surface area contributed by atoms with Crippen molar-refractivity contribution in [1.29, 1.82) is 0 Å². The topological polar surface area (TPSA) is 267 Å². The zero-order chi connectivity index (χ0) is 54.6. The standard InChI is InChI=1S/C51H82N6O20/c58-42(1-9-52-17-25-66-26-18-52)70-33-50(34-71-43(59)2-10-53-19-27-67-28-20-53)37-74-46(62)5-13-56(14-6-47(63)75-38-50)41-57-15-7-48(64)76-39-51(40-77-49(65)8-16-57,35-72-44(60)3-11-54-21-29-68-30-22-54)36-73-45(61)4-12-55-23-31-69-32-24-55/h1-41H2. The van der Waals surface area contributed by atoms with Gasteiger partial charge in [0.2, 0.25) is 0 Å². The summed E-state index contributed by atoms with van der Waals surface area (Å²) in [5, 5.41) is 0. The van der Waals surface area contributed by atoms with Crippen molar-refractivity contribution in [3.8, 4) is 0 Å². The van der Waals surface area contributed by atoms with E-state index in [1.807, 2.05) is 0 Å². The molecule has 6 fully saturated rings. The molecule has 0 aromatic carbocycles. The second kappa shape index (κ2) is 33.7. The van der Waals surface area contributed by atoms with E-state index in [4.69, 9.17) is 56.8 Å². The van der Waals surface area contributed by atoms with Gasteiger partial charge >= 0.3 is 47.8 Å². The number of esters is 8. The lowest BCUT2D eigenvalue weighted by molar-refractivity contribution is -0.174. The quantitative estimate of drug-likeness (QED) is 0.0868. The Morgan fingerprint density at radius 3 is 0.779 bits per heavy atom. The molecule has 0 bridgehead atoms. The highest BCUT2D eigenvalue weighted by Gasteiger charge is 2.40. The monoisotopic (exact) mass is 1100 g/mol. The number of cyclic esters (lactones) is 4. The van der Waals surface area contributed by atoms with Crippen LogP contribution in [0.5, 0.6) is 0 Å². The molecule has 436 valence electrons. The maximum Gasteiger partial charge on any atom is 0.307 e. The van der Waals surface area contributed by atoms with Crippen molar-refractivity contribution in [3.05, 3.63) is 0 Å². The molecule has 0 aromatic heterocycles. The molecular formula is C51H82N6O20. The Balaban J connectivity index is 1.04. The van der Waals surface area contributed by atoms with Gasteiger partial charge in [-0.15, -0.1) is 0 Å². The second-order valence-electron chi connectivity index (χ2n) is 20.5. The predicted octanol–water partition coefficient (Wildman–Crippen LogP) is -1.66. The minimum absolute atomic E-state index is 0.0787. The van der Waals surface area contributed by atoms with Crippen molar-refractivity contribution >= 4 is 47.8 Å². The number of hydrogen-bond acceptors (Lipinski definition) is 26. The molecule has 6 heterocycles. The minimum Gasteiger partial charge on any atom is -0.465 e. The van der Waals surface area contributed by atoms with Gasteiger partial charge in [0.15, 0.2) is 0 Å². The lowest BCUT2D eigenvalue weighted by atomic mass is 9.92. The fourth-order valence-electron chi connectivity index (χ4n) is 9.03. The molecule has 0 saturated carbocycles. The van der Waals surface area contributed by atoms with Gasteiger partial charge in [0, 0.05) is 105 Å². The van der Waals surface area contributed by atoms with Crippen molar-refractivity contribution < 1.29 is 95.2 Å². The van der Waals surface area contributed by atoms with Crippen molar-refractivity contribution in [2.75, 3.05) is 217 Å². The first kappa shape index (κ1) is 61.6. The maximum absolute atomic E-state index is 13.5. The third-order valence-electron chi connectivity index (χ3n) is 14.2. The van der Waals surface area contributed by atoms with Crippen LogP contribution in [0.3, 0.4) is 0 Å². The molecule has 0 amide bonds. The molecule has 0 unspecified atom stereocenters. The molecule has 0 N–H and O–H groups in total. The summed E-state index contributed by atoms with van der Waals surface area (Å²) in [5.41, 5.74) is -2.81. The molecule has 6 aliphatic rings. The summed E-state index contributed by atoms with van der Waals surface area (Å²) in [5.74, 6) is -4.53. The Bertz CT molecular complexity index is 1620. The van der Waals surface area contributed by atoms with Gasteiger partial charge in [0.05, 0.1) is 111 Å². The van der Waals surface area contributed by atoms with Crippen LogP contribution in [0.2, 0.25) is 0 Å². The molecule has 0 aromatic rings. The molecule has 0 aliphatic carbocycles. The van der Waals surface area contributed by atoms with E-state index >= 15 is 0 Å². The molecule has 26 nitrogen and oxygen atoms in total. The zero-order valence-electron chi connectivity index (χ0n) is 44.8. The smallest absolute Gasteiger partial charge is 0.307 e. The third kappa shape index (κ3) is 24.1. The van der Waals surface area contributed by atoms with Crippen LogP contribution in [0.15, 0.2) is 0 Å². The van der Waals surface area contributed by atoms with E-state index in [1.54, 1.807) is 9.80 Å². The molecule has 6 aliphatic heterocycles. The van der Waals surface area contributed by atoms with E-state index in [2.05, 4.69) is 19.6 Å². The van der Waals surface area contributed by atoms with Crippen molar-refractivity contribution in [3.63, 3.8) is 0 Å². The highest BCUT2D eigenvalue weighted by molar-refractivity contribution is 5.73. The van der Waals surface area contributed by atoms with Gasteiger partial charge in [0.25, 0.3) is 0 Å². The number of ether oxygens (including phenoxy) is 12. The van der Waals surface area contributed by atoms with Gasteiger partial charge in [-0.25, -0.2) is 0 Å².